The van der Waals surface area contributed by atoms with Crippen molar-refractivity contribution in [3.8, 4) is 0 Å². The number of hydrogen-bond donors (Lipinski definition) is 1. The molecule has 3 rings (SSSR count). The molecule has 0 aliphatic carbocycles. The molecular formula is C12H18N4. The molecular weight excluding hydrogens is 200 g/mol. The van der Waals surface area contributed by atoms with Gasteiger partial charge in [0.25, 0.3) is 0 Å². The van der Waals surface area contributed by atoms with E-state index in [1.807, 2.05) is 12.4 Å². The molecule has 0 aromatic carbocycles. The van der Waals surface area contributed by atoms with Crippen LogP contribution in [-0.2, 0) is 0 Å². The molecule has 16 heavy (non-hydrogen) atoms. The van der Waals surface area contributed by atoms with Gasteiger partial charge in [-0.1, -0.05) is 13.8 Å². The van der Waals surface area contributed by atoms with E-state index < -0.39 is 0 Å². The van der Waals surface area contributed by atoms with Crippen LogP contribution in [0, 0.1) is 5.41 Å². The molecule has 0 radical (unpaired) electrons. The summed E-state index contributed by atoms with van der Waals surface area (Å²) in [6.45, 7) is 8.87. The Morgan fingerprint density at radius 1 is 1.25 bits per heavy atom. The summed E-state index contributed by atoms with van der Waals surface area (Å²) in [6, 6.07) is 0. The lowest BCUT2D eigenvalue weighted by Gasteiger charge is -2.55. The fourth-order valence-electron chi connectivity index (χ4n) is 2.40. The van der Waals surface area contributed by atoms with E-state index >= 15 is 0 Å². The third-order valence-corrected chi connectivity index (χ3v) is 3.66. The summed E-state index contributed by atoms with van der Waals surface area (Å²) >= 11 is 0. The summed E-state index contributed by atoms with van der Waals surface area (Å²) in [4.78, 5) is 11.1. The van der Waals surface area contributed by atoms with Crippen LogP contribution >= 0.6 is 0 Å². The first-order valence-corrected chi connectivity index (χ1v) is 5.96. The van der Waals surface area contributed by atoms with Crippen LogP contribution in [0.25, 0.3) is 0 Å². The van der Waals surface area contributed by atoms with Crippen molar-refractivity contribution in [2.45, 2.75) is 19.8 Å². The lowest BCUT2D eigenvalue weighted by molar-refractivity contribution is 0.119. The predicted molar refractivity (Wildman–Crippen MR) is 63.6 cm³/mol. The SMILES string of the molecule is CC(C)c1cnc(N2CC3(CNC3)C2)nc1. The van der Waals surface area contributed by atoms with E-state index in [-0.39, 0.29) is 0 Å². The average Bonchev–Trinajstić information content (AvgIpc) is 2.14. The highest BCUT2D eigenvalue weighted by molar-refractivity contribution is 5.38. The van der Waals surface area contributed by atoms with E-state index in [9.17, 15) is 0 Å². The Balaban J connectivity index is 1.67. The number of anilines is 1. The molecule has 0 atom stereocenters. The van der Waals surface area contributed by atoms with Gasteiger partial charge in [-0.15, -0.1) is 0 Å². The second-order valence-electron chi connectivity index (χ2n) is 5.43. The Labute approximate surface area is 96.1 Å². The van der Waals surface area contributed by atoms with Crippen molar-refractivity contribution in [1.82, 2.24) is 15.3 Å². The molecule has 0 bridgehead atoms. The van der Waals surface area contributed by atoms with Gasteiger partial charge in [-0.25, -0.2) is 9.97 Å². The topological polar surface area (TPSA) is 41.1 Å². The second-order valence-corrected chi connectivity index (χ2v) is 5.43. The van der Waals surface area contributed by atoms with Crippen molar-refractivity contribution >= 4 is 5.95 Å². The summed E-state index contributed by atoms with van der Waals surface area (Å²) in [6.07, 6.45) is 3.91. The molecule has 0 saturated carbocycles. The van der Waals surface area contributed by atoms with Gasteiger partial charge < -0.3 is 10.2 Å². The first-order valence-electron chi connectivity index (χ1n) is 5.96. The van der Waals surface area contributed by atoms with Crippen LogP contribution in [0.5, 0.6) is 0 Å². The van der Waals surface area contributed by atoms with E-state index in [4.69, 9.17) is 0 Å². The summed E-state index contributed by atoms with van der Waals surface area (Å²) in [7, 11) is 0. The minimum absolute atomic E-state index is 0.507. The summed E-state index contributed by atoms with van der Waals surface area (Å²) in [5, 5.41) is 3.33. The van der Waals surface area contributed by atoms with Crippen molar-refractivity contribution < 1.29 is 0 Å². The molecule has 2 saturated heterocycles. The smallest absolute Gasteiger partial charge is 0.225 e. The molecule has 2 aliphatic rings. The highest BCUT2D eigenvalue weighted by Crippen LogP contribution is 2.35. The number of rotatable bonds is 2. The van der Waals surface area contributed by atoms with Crippen LogP contribution in [0.2, 0.25) is 0 Å². The van der Waals surface area contributed by atoms with Gasteiger partial charge in [-0.2, -0.15) is 0 Å². The first-order chi connectivity index (χ1) is 7.69. The highest BCUT2D eigenvalue weighted by atomic mass is 15.3. The Kier molecular flexibility index (Phi) is 2.14. The van der Waals surface area contributed by atoms with Crippen molar-refractivity contribution in [2.75, 3.05) is 31.1 Å². The van der Waals surface area contributed by atoms with Crippen molar-refractivity contribution in [1.29, 1.82) is 0 Å². The Bertz CT molecular complexity index is 373. The highest BCUT2D eigenvalue weighted by Gasteiger charge is 2.48. The van der Waals surface area contributed by atoms with Crippen LogP contribution in [0.1, 0.15) is 25.3 Å². The Hall–Kier alpha value is -1.16. The van der Waals surface area contributed by atoms with Crippen molar-refractivity contribution in [2.24, 2.45) is 5.41 Å². The quantitative estimate of drug-likeness (QED) is 0.804. The van der Waals surface area contributed by atoms with E-state index in [0.29, 0.717) is 11.3 Å². The summed E-state index contributed by atoms with van der Waals surface area (Å²) in [5.74, 6) is 1.40. The lowest BCUT2D eigenvalue weighted by atomic mass is 9.75. The molecule has 3 heterocycles. The number of aromatic nitrogens is 2. The van der Waals surface area contributed by atoms with Crippen molar-refractivity contribution in [3.63, 3.8) is 0 Å². The number of hydrogen-bond acceptors (Lipinski definition) is 4. The van der Waals surface area contributed by atoms with Gasteiger partial charge in [0.05, 0.1) is 0 Å². The molecule has 2 fully saturated rings. The third kappa shape index (κ3) is 1.48. The minimum Gasteiger partial charge on any atom is -0.339 e. The molecule has 1 aromatic heterocycles. The zero-order valence-electron chi connectivity index (χ0n) is 9.90. The lowest BCUT2D eigenvalue weighted by Crippen LogP contribution is -2.71. The number of nitrogens with zero attached hydrogens (tertiary/aromatic N) is 3. The zero-order chi connectivity index (χ0) is 11.2. The molecule has 1 spiro atoms. The molecule has 4 heteroatoms. The van der Waals surface area contributed by atoms with Gasteiger partial charge in [0, 0.05) is 44.0 Å². The third-order valence-electron chi connectivity index (χ3n) is 3.66. The maximum atomic E-state index is 4.44. The molecule has 0 unspecified atom stereocenters. The normalized spacial score (nSPS) is 22.1. The van der Waals surface area contributed by atoms with Gasteiger partial charge in [0.2, 0.25) is 5.95 Å². The van der Waals surface area contributed by atoms with Gasteiger partial charge >= 0.3 is 0 Å². The van der Waals surface area contributed by atoms with E-state index in [1.165, 1.54) is 5.56 Å². The maximum absolute atomic E-state index is 4.44. The zero-order valence-corrected chi connectivity index (χ0v) is 9.90. The minimum atomic E-state index is 0.507. The Morgan fingerprint density at radius 2 is 1.88 bits per heavy atom. The molecule has 86 valence electrons. The fraction of sp³-hybridized carbons (Fsp3) is 0.667. The monoisotopic (exact) mass is 218 g/mol. The summed E-state index contributed by atoms with van der Waals surface area (Å²) < 4.78 is 0. The maximum Gasteiger partial charge on any atom is 0.225 e. The van der Waals surface area contributed by atoms with Crippen LogP contribution in [0.4, 0.5) is 5.95 Å². The molecule has 4 nitrogen and oxygen atoms in total. The van der Waals surface area contributed by atoms with Crippen LogP contribution in [0.15, 0.2) is 12.4 Å². The van der Waals surface area contributed by atoms with Crippen LogP contribution in [-0.4, -0.2) is 36.1 Å². The summed E-state index contributed by atoms with van der Waals surface area (Å²) in [5.41, 5.74) is 1.75. The fourth-order valence-corrected chi connectivity index (χ4v) is 2.40. The van der Waals surface area contributed by atoms with Crippen LogP contribution in [0.3, 0.4) is 0 Å². The largest absolute Gasteiger partial charge is 0.339 e. The van der Waals surface area contributed by atoms with Gasteiger partial charge in [-0.3, -0.25) is 0 Å². The van der Waals surface area contributed by atoms with Crippen molar-refractivity contribution in [3.05, 3.63) is 18.0 Å². The molecule has 2 aliphatic heterocycles. The average molecular weight is 218 g/mol. The van der Waals surface area contributed by atoms with Gasteiger partial charge in [0.1, 0.15) is 0 Å². The van der Waals surface area contributed by atoms with Gasteiger partial charge in [-0.05, 0) is 11.5 Å². The van der Waals surface area contributed by atoms with Gasteiger partial charge in [0.15, 0.2) is 0 Å². The van der Waals surface area contributed by atoms with Crippen LogP contribution < -0.4 is 10.2 Å². The first kappa shape index (κ1) is 10.0. The second kappa shape index (κ2) is 3.42. The predicted octanol–water partition coefficient (Wildman–Crippen LogP) is 1.01. The standard InChI is InChI=1S/C12H18N4/c1-9(2)10-3-14-11(15-4-10)16-7-12(8-16)5-13-6-12/h3-4,9,13H,5-8H2,1-2H3. The number of nitrogens with one attached hydrogen (secondary N) is 1. The van der Waals surface area contributed by atoms with E-state index in [1.54, 1.807) is 0 Å². The molecule has 1 aromatic rings. The van der Waals surface area contributed by atoms with E-state index in [2.05, 4.69) is 34.0 Å². The molecule has 1 N–H and O–H groups in total. The Morgan fingerprint density at radius 3 is 2.31 bits per heavy atom. The molecule has 0 amide bonds. The van der Waals surface area contributed by atoms with E-state index in [0.717, 1.165) is 32.1 Å².